The number of ether oxygens (including phenoxy) is 1. The number of hydrogen-bond acceptors (Lipinski definition) is 24. The summed E-state index contributed by atoms with van der Waals surface area (Å²) in [5.74, 6) is 1.47. The largest absolute Gasteiger partial charge is 0.477 e. The number of rotatable bonds is 11. The van der Waals surface area contributed by atoms with Crippen LogP contribution in [0.15, 0.2) is 82.3 Å². The lowest BCUT2D eigenvalue weighted by atomic mass is 10.0. The number of aliphatic hydroxyl groups is 1. The van der Waals surface area contributed by atoms with Crippen molar-refractivity contribution in [3.05, 3.63) is 141 Å². The third-order valence-electron chi connectivity index (χ3n) is 13.0. The average Bonchev–Trinajstić information content (AvgIpc) is 4.21. The highest BCUT2D eigenvalue weighted by Crippen LogP contribution is 2.41. The van der Waals surface area contributed by atoms with Crippen LogP contribution in [-0.2, 0) is 20.9 Å². The molecule has 1 aliphatic heterocycles. The van der Waals surface area contributed by atoms with Crippen molar-refractivity contribution in [2.45, 2.75) is 58.0 Å². The quantitative estimate of drug-likeness (QED) is 0.0467. The van der Waals surface area contributed by atoms with Crippen LogP contribution < -0.4 is 32.4 Å². The zero-order chi connectivity index (χ0) is 60.2. The van der Waals surface area contributed by atoms with Crippen LogP contribution in [0.2, 0.25) is 0 Å². The molecule has 0 fully saturated rings. The summed E-state index contributed by atoms with van der Waals surface area (Å²) in [4.78, 5) is 133. The van der Waals surface area contributed by atoms with Crippen LogP contribution in [-0.4, -0.2) is 117 Å². The van der Waals surface area contributed by atoms with Gasteiger partial charge in [0.2, 0.25) is 5.91 Å². The Hall–Kier alpha value is -8.53. The maximum Gasteiger partial charge on any atom is 0.354 e. The number of pyridine rings is 2. The van der Waals surface area contributed by atoms with Gasteiger partial charge in [0.25, 0.3) is 29.5 Å². The van der Waals surface area contributed by atoms with Gasteiger partial charge >= 0.3 is 5.97 Å². The zero-order valence-electron chi connectivity index (χ0n) is 45.3. The molecule has 0 radical (unpaired) electrons. The molecule has 0 unspecified atom stereocenters. The minimum Gasteiger partial charge on any atom is -0.477 e. The Labute approximate surface area is 506 Å². The second kappa shape index (κ2) is 25.8. The van der Waals surface area contributed by atoms with Crippen LogP contribution in [0, 0.1) is 12.8 Å². The van der Waals surface area contributed by atoms with E-state index in [4.69, 9.17) is 30.5 Å². The highest BCUT2D eigenvalue weighted by atomic mass is 32.1. The lowest BCUT2D eigenvalue weighted by Crippen LogP contribution is -2.47. The first-order valence-electron chi connectivity index (χ1n) is 25.6. The number of anilines is 1. The number of carboxylic acids is 1. The molecule has 0 saturated carbocycles. The van der Waals surface area contributed by atoms with Crippen molar-refractivity contribution in [3.63, 3.8) is 0 Å². The van der Waals surface area contributed by atoms with E-state index in [0.717, 1.165) is 56.4 Å². The second-order valence-electron chi connectivity index (χ2n) is 19.1. The summed E-state index contributed by atoms with van der Waals surface area (Å²) in [5.41, 5.74) is 2.00. The fourth-order valence-corrected chi connectivity index (χ4v) is 14.2. The van der Waals surface area contributed by atoms with Crippen LogP contribution in [0.25, 0.3) is 43.4 Å². The van der Waals surface area contributed by atoms with Gasteiger partial charge in [0.05, 0.1) is 42.2 Å². The average molecular weight is 1260 g/mol. The van der Waals surface area contributed by atoms with Gasteiger partial charge in [-0.25, -0.2) is 50.5 Å². The molecule has 9 aromatic rings. The lowest BCUT2D eigenvalue weighted by Gasteiger charge is -2.30. The maximum absolute atomic E-state index is 14.3. The van der Waals surface area contributed by atoms with Gasteiger partial charge in [0, 0.05) is 57.9 Å². The number of fused-ring (bicyclic) bond motifs is 14. The lowest BCUT2D eigenvalue weighted by molar-refractivity contribution is -0.136. The standard InChI is InChI=1S/C54H49N15O10S6/c1-23(2)38-52-68-41(34(85-52)18-79-5)46(75)58-17-37(71)69(55)42(43(72)25-9-7-6-8-10-25)53-63-33(21-82-53)50-61-31(19-81-50)40-27(11-12-28(59-40)49-65-35(22-83-49)64-44(73)26-13-14-57-30(15-26)54(77)78)48-62-32(20-80-48)45(74)60-29(16-36(70)56-4)51-67-39(24(3)84-51)47(76)66-38/h6-15,19-23,29,38,42-43,72H,16-18,55H2,1-5H3,(H,56,70)(H,58,75)(H,60,74)(H,64,73)(H,66,76)(H,77,78)/t29-,38-,42-,43-/m0/s1. The van der Waals surface area contributed by atoms with Crippen molar-refractivity contribution in [2.75, 3.05) is 26.0 Å². The number of carboxylic acid groups (broad SMARTS) is 1. The number of thiazole rings is 6. The van der Waals surface area contributed by atoms with Crippen molar-refractivity contribution in [3.8, 4) is 43.4 Å². The van der Waals surface area contributed by atoms with Crippen LogP contribution >= 0.6 is 68.0 Å². The number of carbonyl (C=O) groups excluding carboxylic acids is 6. The van der Waals surface area contributed by atoms with Crippen LogP contribution in [0.1, 0.15) is 127 Å². The Morgan fingerprint density at radius 1 is 0.765 bits per heavy atom. The maximum atomic E-state index is 14.3. The van der Waals surface area contributed by atoms with Gasteiger partial charge in [0.15, 0.2) is 0 Å². The molecule has 4 atom stereocenters. The number of nitrogens with two attached hydrogens (primary N) is 1. The van der Waals surface area contributed by atoms with E-state index in [-0.39, 0.29) is 63.1 Å². The molecule has 6 amide bonds. The van der Waals surface area contributed by atoms with Gasteiger partial charge in [-0.15, -0.1) is 68.0 Å². The number of aromatic nitrogens is 8. The van der Waals surface area contributed by atoms with Crippen molar-refractivity contribution >= 4 is 115 Å². The van der Waals surface area contributed by atoms with E-state index in [1.165, 1.54) is 49.1 Å². The minimum absolute atomic E-state index is 0.00475. The van der Waals surface area contributed by atoms with Crippen LogP contribution in [0.5, 0.6) is 0 Å². The van der Waals surface area contributed by atoms with E-state index in [0.29, 0.717) is 63.7 Å². The fourth-order valence-electron chi connectivity index (χ4n) is 8.65. The highest BCUT2D eigenvalue weighted by molar-refractivity contribution is 7.15. The number of aryl methyl sites for hydroxylation is 1. The van der Waals surface area contributed by atoms with Crippen LogP contribution in [0.4, 0.5) is 5.82 Å². The second-order valence-corrected chi connectivity index (χ2v) is 24.9. The summed E-state index contributed by atoms with van der Waals surface area (Å²) < 4.78 is 5.44. The molecule has 1 aliphatic rings. The third-order valence-corrected chi connectivity index (χ3v) is 18.7. The predicted molar refractivity (Wildman–Crippen MR) is 319 cm³/mol. The SMILES string of the molecule is CNC(=O)C[C@@H]1NC(=O)c2csc(n2)-c2ccc(-c3nc(NC(=O)c4ccnc(C(=O)O)c4)cs3)nc2-c2csc(n2)-c2csc(n2)[C@H]([C@@H](O)c2ccccc2)N(N)C(=O)CNC(=O)c2nc(sc2COC)[C@H](C(C)C)NC(=O)c2nc1sc2C. The van der Waals surface area contributed by atoms with Gasteiger partial charge in [0.1, 0.15) is 87.9 Å². The van der Waals surface area contributed by atoms with E-state index in [1.807, 2.05) is 13.8 Å². The molecule has 31 heteroatoms. The molecule has 0 spiro atoms. The monoisotopic (exact) mass is 1260 g/mol. The number of aliphatic hydroxyl groups excluding tert-OH is 1. The number of amides is 6. The molecule has 8 aromatic heterocycles. The first kappa shape index (κ1) is 59.6. The first-order valence-corrected chi connectivity index (χ1v) is 30.7. The summed E-state index contributed by atoms with van der Waals surface area (Å²) in [6, 6.07) is 11.5. The molecule has 10 bridgehead atoms. The van der Waals surface area contributed by atoms with E-state index >= 15 is 0 Å². The molecule has 9 N–H and O–H groups in total. The Morgan fingerprint density at radius 2 is 1.48 bits per heavy atom. The Bertz CT molecular complexity index is 4020. The molecule has 9 heterocycles. The van der Waals surface area contributed by atoms with Gasteiger partial charge in [-0.2, -0.15) is 0 Å². The smallest absolute Gasteiger partial charge is 0.354 e. The Kier molecular flexibility index (Phi) is 18.1. The van der Waals surface area contributed by atoms with Gasteiger partial charge in [-0.1, -0.05) is 44.2 Å². The normalized spacial score (nSPS) is 16.3. The van der Waals surface area contributed by atoms with Gasteiger partial charge in [-0.05, 0) is 42.7 Å². The molecular weight excluding hydrogens is 1210 g/mol. The number of carbonyl (C=O) groups is 7. The first-order chi connectivity index (χ1) is 40.9. The van der Waals surface area contributed by atoms with E-state index < -0.39 is 72.2 Å². The summed E-state index contributed by atoms with van der Waals surface area (Å²) in [6.45, 7) is 4.77. The summed E-state index contributed by atoms with van der Waals surface area (Å²) in [7, 11) is 2.91. The van der Waals surface area contributed by atoms with Crippen molar-refractivity contribution in [2.24, 2.45) is 11.8 Å². The molecule has 436 valence electrons. The molecule has 85 heavy (non-hydrogen) atoms. The fraction of sp³-hybridized carbons (Fsp3) is 0.241. The molecule has 0 saturated heterocycles. The van der Waals surface area contributed by atoms with E-state index in [9.17, 15) is 43.8 Å². The summed E-state index contributed by atoms with van der Waals surface area (Å²) >= 11 is 6.91. The van der Waals surface area contributed by atoms with E-state index in [2.05, 4.69) is 46.5 Å². The van der Waals surface area contributed by atoms with Crippen molar-refractivity contribution in [1.82, 2.24) is 66.1 Å². The number of aromatic carboxylic acids is 1. The minimum atomic E-state index is -1.40. The Balaban J connectivity index is 1.05. The van der Waals surface area contributed by atoms with Crippen molar-refractivity contribution < 1.29 is 48.5 Å². The zero-order valence-corrected chi connectivity index (χ0v) is 50.2. The number of hydrazine groups is 1. The number of methoxy groups -OCH3 is 1. The van der Waals surface area contributed by atoms with Gasteiger partial charge < -0.3 is 41.5 Å². The summed E-state index contributed by atoms with van der Waals surface area (Å²) in [5, 5.41) is 44.7. The molecule has 10 rings (SSSR count). The predicted octanol–water partition coefficient (Wildman–Crippen LogP) is 7.24. The number of hydrogen-bond donors (Lipinski definition) is 8. The Morgan fingerprint density at radius 3 is 2.24 bits per heavy atom. The summed E-state index contributed by atoms with van der Waals surface area (Å²) in [6.07, 6.45) is -0.425. The topological polar surface area (TPSA) is 362 Å². The van der Waals surface area contributed by atoms with Gasteiger partial charge in [-0.3, -0.25) is 33.8 Å². The third kappa shape index (κ3) is 13.1. The highest BCUT2D eigenvalue weighted by Gasteiger charge is 2.36. The molecule has 0 aliphatic carbocycles. The molecule has 25 nitrogen and oxygen atoms in total. The van der Waals surface area contributed by atoms with Crippen molar-refractivity contribution in [1.29, 1.82) is 0 Å². The molecular formula is C54H49N15O10S6. The number of nitrogens with one attached hydrogen (secondary N) is 5. The number of benzene rings is 1. The molecule has 1 aromatic carbocycles. The number of nitrogens with zero attached hydrogens (tertiary/aromatic N) is 9. The van der Waals surface area contributed by atoms with E-state index in [1.54, 1.807) is 70.9 Å². The van der Waals surface area contributed by atoms with Crippen LogP contribution in [0.3, 0.4) is 0 Å².